The van der Waals surface area contributed by atoms with E-state index in [1.165, 1.54) is 11.8 Å². The van der Waals surface area contributed by atoms with Gasteiger partial charge in [0.1, 0.15) is 0 Å². The number of aromatic amines is 1. The third kappa shape index (κ3) is 4.68. The first kappa shape index (κ1) is 19.0. The Kier molecular flexibility index (Phi) is 5.81. The van der Waals surface area contributed by atoms with Crippen LogP contribution in [0.15, 0.2) is 58.5 Å². The molecule has 0 aliphatic carbocycles. The summed E-state index contributed by atoms with van der Waals surface area (Å²) >= 11 is 1.26. The molecule has 27 heavy (non-hydrogen) atoms. The molecule has 6 nitrogen and oxygen atoms in total. The molecule has 0 fully saturated rings. The van der Waals surface area contributed by atoms with Crippen molar-refractivity contribution in [2.75, 3.05) is 5.32 Å². The van der Waals surface area contributed by atoms with Crippen LogP contribution in [0.2, 0.25) is 0 Å². The first-order valence-corrected chi connectivity index (χ1v) is 9.56. The molecule has 0 radical (unpaired) electrons. The molecule has 1 heterocycles. The van der Waals surface area contributed by atoms with E-state index in [9.17, 15) is 9.59 Å². The van der Waals surface area contributed by atoms with Crippen molar-refractivity contribution >= 4 is 23.4 Å². The summed E-state index contributed by atoms with van der Waals surface area (Å²) in [6.07, 6.45) is 0. The number of anilines is 1. The maximum Gasteiger partial charge on any atom is 0.344 e. The van der Waals surface area contributed by atoms with E-state index in [2.05, 4.69) is 15.5 Å². The topological polar surface area (TPSA) is 79.8 Å². The Labute approximate surface area is 162 Å². The number of hydrogen-bond donors (Lipinski definition) is 2. The molecule has 1 unspecified atom stereocenters. The van der Waals surface area contributed by atoms with Crippen LogP contribution in [0.1, 0.15) is 23.6 Å². The monoisotopic (exact) mass is 382 g/mol. The highest BCUT2D eigenvalue weighted by molar-refractivity contribution is 8.00. The largest absolute Gasteiger partial charge is 0.344 e. The standard InChI is InChI=1S/C20H22N4O2S/c1-13-9-10-17(14(2)11-13)21-18(25)15(3)27-20-23-22-19(26)24(20)12-16-7-5-4-6-8-16/h4-11,15H,12H2,1-3H3,(H,21,25)(H,22,26). The van der Waals surface area contributed by atoms with E-state index in [0.717, 1.165) is 22.4 Å². The van der Waals surface area contributed by atoms with Gasteiger partial charge in [0, 0.05) is 5.69 Å². The van der Waals surface area contributed by atoms with Gasteiger partial charge in [-0.3, -0.25) is 9.36 Å². The van der Waals surface area contributed by atoms with Gasteiger partial charge in [0.05, 0.1) is 11.8 Å². The zero-order valence-electron chi connectivity index (χ0n) is 15.5. The molecule has 1 amide bonds. The van der Waals surface area contributed by atoms with Crippen LogP contribution in [-0.4, -0.2) is 25.9 Å². The maximum absolute atomic E-state index is 12.6. The first-order chi connectivity index (χ1) is 12.9. The molecule has 0 aliphatic rings. The number of amides is 1. The Morgan fingerprint density at radius 1 is 1.22 bits per heavy atom. The minimum atomic E-state index is -0.407. The number of aryl methyl sites for hydroxylation is 2. The van der Waals surface area contributed by atoms with E-state index in [1.807, 2.05) is 62.4 Å². The Bertz CT molecular complexity index is 995. The zero-order chi connectivity index (χ0) is 19.4. The summed E-state index contributed by atoms with van der Waals surface area (Å²) in [7, 11) is 0. The van der Waals surface area contributed by atoms with E-state index in [1.54, 1.807) is 11.5 Å². The molecule has 0 saturated carbocycles. The van der Waals surface area contributed by atoms with Crippen molar-refractivity contribution in [1.29, 1.82) is 0 Å². The van der Waals surface area contributed by atoms with Crippen molar-refractivity contribution in [2.24, 2.45) is 0 Å². The normalized spacial score (nSPS) is 12.0. The zero-order valence-corrected chi connectivity index (χ0v) is 16.3. The second kappa shape index (κ2) is 8.26. The van der Waals surface area contributed by atoms with E-state index in [4.69, 9.17) is 0 Å². The van der Waals surface area contributed by atoms with Crippen LogP contribution in [0.3, 0.4) is 0 Å². The van der Waals surface area contributed by atoms with Crippen molar-refractivity contribution in [2.45, 2.75) is 37.7 Å². The molecule has 0 spiro atoms. The van der Waals surface area contributed by atoms with Gasteiger partial charge >= 0.3 is 5.69 Å². The van der Waals surface area contributed by atoms with E-state index < -0.39 is 5.25 Å². The van der Waals surface area contributed by atoms with Crippen LogP contribution in [-0.2, 0) is 11.3 Å². The molecule has 140 valence electrons. The summed E-state index contributed by atoms with van der Waals surface area (Å²) in [5.41, 5.74) is 3.66. The Balaban J connectivity index is 1.71. The number of rotatable bonds is 6. The van der Waals surface area contributed by atoms with Crippen LogP contribution in [0.4, 0.5) is 5.69 Å². The third-order valence-electron chi connectivity index (χ3n) is 4.20. The molecule has 0 aliphatic heterocycles. The minimum Gasteiger partial charge on any atom is -0.325 e. The van der Waals surface area contributed by atoms with Gasteiger partial charge in [-0.1, -0.05) is 59.8 Å². The fourth-order valence-corrected chi connectivity index (χ4v) is 3.55. The number of thioether (sulfide) groups is 1. The highest BCUT2D eigenvalue weighted by atomic mass is 32.2. The number of H-pyrrole nitrogens is 1. The number of aromatic nitrogens is 3. The average Bonchev–Trinajstić information content (AvgIpc) is 2.98. The second-order valence-electron chi connectivity index (χ2n) is 6.45. The molecule has 1 aromatic heterocycles. The maximum atomic E-state index is 12.6. The van der Waals surface area contributed by atoms with Gasteiger partial charge in [0.2, 0.25) is 5.91 Å². The highest BCUT2D eigenvalue weighted by Crippen LogP contribution is 2.23. The smallest absolute Gasteiger partial charge is 0.325 e. The Hall–Kier alpha value is -2.80. The Morgan fingerprint density at radius 3 is 2.67 bits per heavy atom. The quantitative estimate of drug-likeness (QED) is 0.641. The summed E-state index contributed by atoms with van der Waals surface area (Å²) in [6, 6.07) is 15.6. The lowest BCUT2D eigenvalue weighted by Crippen LogP contribution is -2.24. The Morgan fingerprint density at radius 2 is 1.96 bits per heavy atom. The number of carbonyl (C=O) groups is 1. The molecule has 1 atom stereocenters. The number of carbonyl (C=O) groups excluding carboxylic acids is 1. The second-order valence-corrected chi connectivity index (χ2v) is 7.76. The van der Waals surface area contributed by atoms with E-state index in [0.29, 0.717) is 11.7 Å². The first-order valence-electron chi connectivity index (χ1n) is 8.68. The number of nitrogens with zero attached hydrogens (tertiary/aromatic N) is 2. The number of hydrogen-bond acceptors (Lipinski definition) is 4. The lowest BCUT2D eigenvalue weighted by atomic mass is 10.1. The number of nitrogens with one attached hydrogen (secondary N) is 2. The SMILES string of the molecule is Cc1ccc(NC(=O)C(C)Sc2n[nH]c(=O)n2Cc2ccccc2)c(C)c1. The summed E-state index contributed by atoms with van der Waals surface area (Å²) in [5.74, 6) is -0.131. The van der Waals surface area contributed by atoms with Gasteiger partial charge in [-0.05, 0) is 38.0 Å². The van der Waals surface area contributed by atoms with Gasteiger partial charge in [0.15, 0.2) is 5.16 Å². The van der Waals surface area contributed by atoms with Crippen molar-refractivity contribution in [3.63, 3.8) is 0 Å². The van der Waals surface area contributed by atoms with Crippen LogP contribution in [0.25, 0.3) is 0 Å². The van der Waals surface area contributed by atoms with Crippen molar-refractivity contribution in [1.82, 2.24) is 14.8 Å². The molecule has 3 aromatic rings. The fourth-order valence-electron chi connectivity index (χ4n) is 2.70. The molecule has 0 saturated heterocycles. The lowest BCUT2D eigenvalue weighted by molar-refractivity contribution is -0.115. The molecule has 7 heteroatoms. The summed E-state index contributed by atoms with van der Waals surface area (Å²) < 4.78 is 1.54. The van der Waals surface area contributed by atoms with Crippen molar-refractivity contribution in [3.05, 3.63) is 75.7 Å². The van der Waals surface area contributed by atoms with Gasteiger partial charge < -0.3 is 5.32 Å². The number of benzene rings is 2. The van der Waals surface area contributed by atoms with Crippen molar-refractivity contribution in [3.8, 4) is 0 Å². The van der Waals surface area contributed by atoms with Gasteiger partial charge in [-0.2, -0.15) is 0 Å². The molecular weight excluding hydrogens is 360 g/mol. The molecule has 2 aromatic carbocycles. The van der Waals surface area contributed by atoms with Crippen LogP contribution in [0, 0.1) is 13.8 Å². The predicted octanol–water partition coefficient (Wildman–Crippen LogP) is 3.36. The highest BCUT2D eigenvalue weighted by Gasteiger charge is 2.19. The van der Waals surface area contributed by atoms with Crippen LogP contribution in [0.5, 0.6) is 0 Å². The van der Waals surface area contributed by atoms with Crippen LogP contribution >= 0.6 is 11.8 Å². The van der Waals surface area contributed by atoms with Gasteiger partial charge in [-0.15, -0.1) is 5.10 Å². The summed E-state index contributed by atoms with van der Waals surface area (Å²) in [6.45, 7) is 6.19. The minimum absolute atomic E-state index is 0.131. The van der Waals surface area contributed by atoms with Crippen LogP contribution < -0.4 is 11.0 Å². The van der Waals surface area contributed by atoms with E-state index >= 15 is 0 Å². The van der Waals surface area contributed by atoms with Gasteiger partial charge in [-0.25, -0.2) is 9.89 Å². The molecule has 0 bridgehead atoms. The summed E-state index contributed by atoms with van der Waals surface area (Å²) in [5, 5.41) is 9.58. The molecular formula is C20H22N4O2S. The fraction of sp³-hybridized carbons (Fsp3) is 0.250. The average molecular weight is 382 g/mol. The van der Waals surface area contributed by atoms with Crippen molar-refractivity contribution < 1.29 is 4.79 Å². The predicted molar refractivity (Wildman–Crippen MR) is 108 cm³/mol. The molecule has 3 rings (SSSR count). The lowest BCUT2D eigenvalue weighted by Gasteiger charge is -2.14. The molecule has 2 N–H and O–H groups in total. The summed E-state index contributed by atoms with van der Waals surface area (Å²) in [4.78, 5) is 24.7. The third-order valence-corrected chi connectivity index (χ3v) is 5.29. The van der Waals surface area contributed by atoms with Gasteiger partial charge in [0.25, 0.3) is 0 Å². The van der Waals surface area contributed by atoms with E-state index in [-0.39, 0.29) is 11.6 Å².